The molecule has 0 bridgehead atoms. The van der Waals surface area contributed by atoms with Gasteiger partial charge in [-0.1, -0.05) is 35.5 Å². The molecule has 1 aromatic heterocycles. The van der Waals surface area contributed by atoms with Crippen LogP contribution in [-0.4, -0.2) is 21.9 Å². The molecular formula is C13H10N4O3S. The molecule has 1 heterocycles. The molecule has 21 heavy (non-hydrogen) atoms. The number of nitrogens with one attached hydrogen (secondary N) is 1. The SMILES string of the molecule is N#C/C(=N\OCc1csc(NC(=O)O)n1)c1ccccc1. The second-order valence-electron chi connectivity index (χ2n) is 3.77. The van der Waals surface area contributed by atoms with Gasteiger partial charge in [-0.05, 0) is 0 Å². The Labute approximate surface area is 124 Å². The highest BCUT2D eigenvalue weighted by molar-refractivity contribution is 7.13. The van der Waals surface area contributed by atoms with Crippen molar-refractivity contribution in [2.75, 3.05) is 5.32 Å². The molecule has 0 aliphatic rings. The van der Waals surface area contributed by atoms with Crippen LogP contribution in [0, 0.1) is 11.3 Å². The van der Waals surface area contributed by atoms with Crippen molar-refractivity contribution in [3.05, 3.63) is 47.0 Å². The fourth-order valence-corrected chi connectivity index (χ4v) is 2.10. The lowest BCUT2D eigenvalue weighted by molar-refractivity contribution is 0.129. The second kappa shape index (κ2) is 7.02. The first-order valence-corrected chi connectivity index (χ1v) is 6.67. The van der Waals surface area contributed by atoms with Gasteiger partial charge in [-0.3, -0.25) is 5.32 Å². The van der Waals surface area contributed by atoms with Crippen molar-refractivity contribution in [3.63, 3.8) is 0 Å². The highest BCUT2D eigenvalue weighted by Crippen LogP contribution is 2.16. The van der Waals surface area contributed by atoms with Crippen LogP contribution in [0.3, 0.4) is 0 Å². The number of hydrogen-bond acceptors (Lipinski definition) is 6. The summed E-state index contributed by atoms with van der Waals surface area (Å²) in [6, 6.07) is 10.9. The minimum Gasteiger partial charge on any atom is -0.465 e. The van der Waals surface area contributed by atoms with Gasteiger partial charge < -0.3 is 9.94 Å². The first kappa shape index (κ1) is 14.5. The van der Waals surface area contributed by atoms with Crippen molar-refractivity contribution in [3.8, 4) is 6.07 Å². The van der Waals surface area contributed by atoms with E-state index in [0.29, 0.717) is 11.3 Å². The summed E-state index contributed by atoms with van der Waals surface area (Å²) in [4.78, 5) is 19.5. The Morgan fingerprint density at radius 3 is 2.90 bits per heavy atom. The van der Waals surface area contributed by atoms with Gasteiger partial charge in [-0.25, -0.2) is 9.78 Å². The van der Waals surface area contributed by atoms with Crippen LogP contribution >= 0.6 is 11.3 Å². The molecule has 1 aromatic carbocycles. The lowest BCUT2D eigenvalue weighted by atomic mass is 10.1. The molecule has 0 aliphatic carbocycles. The third-order valence-corrected chi connectivity index (χ3v) is 3.09. The van der Waals surface area contributed by atoms with Gasteiger partial charge in [-0.15, -0.1) is 11.3 Å². The molecule has 0 radical (unpaired) electrons. The molecule has 0 spiro atoms. The maximum atomic E-state index is 10.4. The highest BCUT2D eigenvalue weighted by atomic mass is 32.1. The van der Waals surface area contributed by atoms with Crippen LogP contribution in [0.15, 0.2) is 40.9 Å². The van der Waals surface area contributed by atoms with Crippen LogP contribution in [-0.2, 0) is 11.4 Å². The standard InChI is InChI=1S/C13H10N4O3S/c14-6-11(9-4-2-1-3-5-9)17-20-7-10-8-21-12(15-10)16-13(18)19/h1-5,8H,7H2,(H,15,16)(H,18,19)/b17-11+. The van der Waals surface area contributed by atoms with Gasteiger partial charge in [-0.2, -0.15) is 5.26 Å². The average Bonchev–Trinajstić information content (AvgIpc) is 2.91. The van der Waals surface area contributed by atoms with E-state index in [1.165, 1.54) is 0 Å². The molecular weight excluding hydrogens is 292 g/mol. The van der Waals surface area contributed by atoms with Gasteiger partial charge in [0.15, 0.2) is 17.5 Å². The molecule has 8 heteroatoms. The molecule has 0 saturated carbocycles. The van der Waals surface area contributed by atoms with Crippen LogP contribution in [0.2, 0.25) is 0 Å². The lowest BCUT2D eigenvalue weighted by Gasteiger charge is -1.99. The smallest absolute Gasteiger partial charge is 0.410 e. The van der Waals surface area contributed by atoms with Crippen molar-refractivity contribution in [1.29, 1.82) is 5.26 Å². The number of carboxylic acid groups (broad SMARTS) is 1. The van der Waals surface area contributed by atoms with Crippen LogP contribution < -0.4 is 5.32 Å². The summed E-state index contributed by atoms with van der Waals surface area (Å²) in [5.41, 5.74) is 1.35. The Morgan fingerprint density at radius 2 is 2.24 bits per heavy atom. The molecule has 1 amide bonds. The van der Waals surface area contributed by atoms with Gasteiger partial charge in [0.25, 0.3) is 0 Å². The van der Waals surface area contributed by atoms with E-state index in [-0.39, 0.29) is 17.5 Å². The fraction of sp³-hybridized carbons (Fsp3) is 0.0769. The molecule has 0 unspecified atom stereocenters. The van der Waals surface area contributed by atoms with E-state index in [1.807, 2.05) is 12.1 Å². The number of rotatable bonds is 5. The highest BCUT2D eigenvalue weighted by Gasteiger charge is 2.06. The first-order valence-electron chi connectivity index (χ1n) is 5.79. The fourth-order valence-electron chi connectivity index (χ4n) is 1.42. The van der Waals surface area contributed by atoms with E-state index in [1.54, 1.807) is 29.6 Å². The molecule has 106 valence electrons. The summed E-state index contributed by atoms with van der Waals surface area (Å²) in [7, 11) is 0. The van der Waals surface area contributed by atoms with E-state index in [4.69, 9.17) is 15.2 Å². The van der Waals surface area contributed by atoms with Crippen LogP contribution in [0.4, 0.5) is 9.93 Å². The number of benzene rings is 1. The number of nitriles is 1. The zero-order valence-electron chi connectivity index (χ0n) is 10.7. The van der Waals surface area contributed by atoms with Crippen molar-refractivity contribution in [1.82, 2.24) is 4.98 Å². The maximum absolute atomic E-state index is 10.4. The van der Waals surface area contributed by atoms with Gasteiger partial charge >= 0.3 is 6.09 Å². The predicted octanol–water partition coefficient (Wildman–Crippen LogP) is 2.68. The van der Waals surface area contributed by atoms with E-state index in [0.717, 1.165) is 11.3 Å². The van der Waals surface area contributed by atoms with Gasteiger partial charge in [0.1, 0.15) is 6.07 Å². The summed E-state index contributed by atoms with van der Waals surface area (Å²) >= 11 is 1.14. The van der Waals surface area contributed by atoms with E-state index in [2.05, 4.69) is 15.5 Å². The van der Waals surface area contributed by atoms with E-state index in [9.17, 15) is 4.79 Å². The zero-order chi connectivity index (χ0) is 15.1. The van der Waals surface area contributed by atoms with Gasteiger partial charge in [0.2, 0.25) is 0 Å². The zero-order valence-corrected chi connectivity index (χ0v) is 11.5. The Hall–Kier alpha value is -2.92. The molecule has 0 saturated heterocycles. The minimum atomic E-state index is -1.18. The minimum absolute atomic E-state index is 0.0514. The molecule has 0 atom stereocenters. The number of aromatic nitrogens is 1. The first-order chi connectivity index (χ1) is 10.2. The summed E-state index contributed by atoms with van der Waals surface area (Å²) < 4.78 is 0. The molecule has 2 rings (SSSR count). The number of anilines is 1. The predicted molar refractivity (Wildman–Crippen MR) is 77.1 cm³/mol. The maximum Gasteiger partial charge on any atom is 0.410 e. The Bertz CT molecular complexity index is 691. The number of hydrogen-bond donors (Lipinski definition) is 2. The van der Waals surface area contributed by atoms with Crippen molar-refractivity contribution < 1.29 is 14.7 Å². The molecule has 7 nitrogen and oxygen atoms in total. The topological polar surface area (TPSA) is 108 Å². The lowest BCUT2D eigenvalue weighted by Crippen LogP contribution is -2.06. The largest absolute Gasteiger partial charge is 0.465 e. The molecule has 0 aliphatic heterocycles. The molecule has 2 aromatic rings. The molecule has 2 N–H and O–H groups in total. The monoisotopic (exact) mass is 302 g/mol. The third-order valence-electron chi connectivity index (χ3n) is 2.29. The average molecular weight is 302 g/mol. The Morgan fingerprint density at radius 1 is 1.48 bits per heavy atom. The Kier molecular flexibility index (Phi) is 4.84. The van der Waals surface area contributed by atoms with Crippen LogP contribution in [0.25, 0.3) is 0 Å². The third kappa shape index (κ3) is 4.29. The van der Waals surface area contributed by atoms with Crippen LogP contribution in [0.1, 0.15) is 11.3 Å². The number of oxime groups is 1. The van der Waals surface area contributed by atoms with Gasteiger partial charge in [0.05, 0.1) is 5.69 Å². The summed E-state index contributed by atoms with van der Waals surface area (Å²) in [6.07, 6.45) is -1.18. The second-order valence-corrected chi connectivity index (χ2v) is 4.62. The number of amides is 1. The number of nitrogens with zero attached hydrogens (tertiary/aromatic N) is 3. The Balaban J connectivity index is 1.96. The summed E-state index contributed by atoms with van der Waals surface area (Å²) in [5, 5.41) is 25.4. The van der Waals surface area contributed by atoms with Crippen molar-refractivity contribution in [2.45, 2.75) is 6.61 Å². The van der Waals surface area contributed by atoms with Crippen molar-refractivity contribution in [2.24, 2.45) is 5.16 Å². The van der Waals surface area contributed by atoms with E-state index >= 15 is 0 Å². The van der Waals surface area contributed by atoms with Gasteiger partial charge in [0, 0.05) is 10.9 Å². The summed E-state index contributed by atoms with van der Waals surface area (Å²) in [6.45, 7) is 0.0514. The van der Waals surface area contributed by atoms with Crippen molar-refractivity contribution >= 4 is 28.3 Å². The normalized spacial score (nSPS) is 10.7. The summed E-state index contributed by atoms with van der Waals surface area (Å²) in [5.74, 6) is 0. The quantitative estimate of drug-likeness (QED) is 0.652. The van der Waals surface area contributed by atoms with Crippen LogP contribution in [0.5, 0.6) is 0 Å². The number of carbonyl (C=O) groups is 1. The van der Waals surface area contributed by atoms with E-state index < -0.39 is 6.09 Å². The molecule has 0 fully saturated rings. The number of thiazole rings is 1.